The van der Waals surface area contributed by atoms with E-state index >= 15 is 0 Å². The third kappa shape index (κ3) is 9.62. The van der Waals surface area contributed by atoms with Gasteiger partial charge in [0.1, 0.15) is 5.60 Å². The molecule has 1 aromatic heterocycles. The van der Waals surface area contributed by atoms with Crippen molar-refractivity contribution in [3.63, 3.8) is 0 Å². The second-order valence-corrected chi connectivity index (χ2v) is 10.5. The van der Waals surface area contributed by atoms with Crippen molar-refractivity contribution in [1.29, 1.82) is 0 Å². The largest absolute Gasteiger partial charge is 0.465 e. The number of hydrogen-bond acceptors (Lipinski definition) is 6. The van der Waals surface area contributed by atoms with Gasteiger partial charge in [-0.15, -0.1) is 11.8 Å². The Kier molecular flexibility index (Phi) is 10.5. The summed E-state index contributed by atoms with van der Waals surface area (Å²) < 4.78 is 12.8. The smallest absolute Gasteiger partial charge is 0.338 e. The molecule has 0 fully saturated rings. The summed E-state index contributed by atoms with van der Waals surface area (Å²) in [7, 11) is 1.86. The normalized spacial score (nSPS) is 12.4. The zero-order chi connectivity index (χ0) is 24.4. The Balaban J connectivity index is 2.03. The summed E-state index contributed by atoms with van der Waals surface area (Å²) in [4.78, 5) is 25.8. The first-order valence-electron chi connectivity index (χ1n) is 11.8. The van der Waals surface area contributed by atoms with Gasteiger partial charge in [-0.25, -0.2) is 4.79 Å². The number of thioether (sulfide) groups is 1. The minimum Gasteiger partial charge on any atom is -0.465 e. The molecule has 1 atom stereocenters. The molecule has 1 heterocycles. The van der Waals surface area contributed by atoms with Gasteiger partial charge < -0.3 is 9.47 Å². The Hall–Kier alpha value is -2.28. The number of carbonyl (C=O) groups is 2. The van der Waals surface area contributed by atoms with Crippen LogP contribution in [-0.2, 0) is 21.3 Å². The van der Waals surface area contributed by atoms with Gasteiger partial charge in [-0.1, -0.05) is 33.1 Å². The highest BCUT2D eigenvalue weighted by atomic mass is 32.2. The Morgan fingerprint density at radius 2 is 1.91 bits per heavy atom. The van der Waals surface area contributed by atoms with Gasteiger partial charge in [-0.05, 0) is 56.9 Å². The van der Waals surface area contributed by atoms with Crippen molar-refractivity contribution in [3.05, 3.63) is 36.2 Å². The lowest BCUT2D eigenvalue weighted by Gasteiger charge is -2.20. The van der Waals surface area contributed by atoms with Crippen LogP contribution in [0, 0.1) is 5.92 Å². The van der Waals surface area contributed by atoms with Gasteiger partial charge in [0, 0.05) is 29.5 Å². The van der Waals surface area contributed by atoms with Gasteiger partial charge >= 0.3 is 11.9 Å². The van der Waals surface area contributed by atoms with Gasteiger partial charge in [-0.2, -0.15) is 5.10 Å². The van der Waals surface area contributed by atoms with Crippen molar-refractivity contribution >= 4 is 23.7 Å². The maximum absolute atomic E-state index is 12.7. The molecule has 182 valence electrons. The molecule has 0 N–H and O–H groups in total. The second-order valence-electron chi connectivity index (χ2n) is 9.35. The maximum atomic E-state index is 12.7. The van der Waals surface area contributed by atoms with Crippen LogP contribution in [0.25, 0.3) is 11.1 Å². The number of aromatic nitrogens is 2. The predicted octanol–water partition coefficient (Wildman–Crippen LogP) is 6.28. The molecule has 0 aliphatic rings. The van der Waals surface area contributed by atoms with E-state index in [-0.39, 0.29) is 11.9 Å². The summed E-state index contributed by atoms with van der Waals surface area (Å²) in [5.41, 5.74) is 1.71. The minimum atomic E-state index is -0.577. The van der Waals surface area contributed by atoms with Gasteiger partial charge in [-0.3, -0.25) is 9.48 Å². The number of unbranched alkanes of at least 4 members (excludes halogenated alkanes) is 1. The monoisotopic (exact) mass is 474 g/mol. The highest BCUT2D eigenvalue weighted by molar-refractivity contribution is 7.99. The SMILES string of the molecule is CCCCC(CC)COC(=O)CCSc1cc(C(=O)OC(C)(C)C)cc(-c2cnn(C)c2)c1. The zero-order valence-electron chi connectivity index (χ0n) is 20.8. The van der Waals surface area contributed by atoms with Crippen LogP contribution in [0.5, 0.6) is 0 Å². The van der Waals surface area contributed by atoms with Crippen LogP contribution < -0.4 is 0 Å². The fraction of sp³-hybridized carbons (Fsp3) is 0.577. The molecule has 0 radical (unpaired) electrons. The molecule has 0 bridgehead atoms. The van der Waals surface area contributed by atoms with E-state index in [1.54, 1.807) is 10.9 Å². The van der Waals surface area contributed by atoms with Gasteiger partial charge in [0.25, 0.3) is 0 Å². The Bertz CT molecular complexity index is 917. The quantitative estimate of drug-likeness (QED) is 0.266. The first-order chi connectivity index (χ1) is 15.6. The van der Waals surface area contributed by atoms with E-state index in [1.165, 1.54) is 18.2 Å². The average Bonchev–Trinajstić information content (AvgIpc) is 3.19. The van der Waals surface area contributed by atoms with Crippen LogP contribution in [0.3, 0.4) is 0 Å². The number of esters is 2. The first-order valence-corrected chi connectivity index (χ1v) is 12.8. The summed E-state index contributed by atoms with van der Waals surface area (Å²) in [6.45, 7) is 10.4. The number of ether oxygens (including phenoxy) is 2. The van der Waals surface area contributed by atoms with E-state index in [1.807, 2.05) is 52.2 Å². The lowest BCUT2D eigenvalue weighted by atomic mass is 10.0. The summed E-state index contributed by atoms with van der Waals surface area (Å²) in [6, 6.07) is 5.66. The number of aryl methyl sites for hydroxylation is 1. The molecule has 0 aliphatic carbocycles. The van der Waals surface area contributed by atoms with Crippen LogP contribution in [-0.4, -0.2) is 39.7 Å². The van der Waals surface area contributed by atoms with Gasteiger partial charge in [0.15, 0.2) is 0 Å². The third-order valence-electron chi connectivity index (χ3n) is 5.18. The van der Waals surface area contributed by atoms with Crippen molar-refractivity contribution in [2.45, 2.75) is 77.2 Å². The first kappa shape index (κ1) is 27.0. The molecule has 0 saturated carbocycles. The minimum absolute atomic E-state index is 0.173. The fourth-order valence-corrected chi connectivity index (χ4v) is 4.23. The molecule has 0 saturated heterocycles. The van der Waals surface area contributed by atoms with Crippen LogP contribution in [0.15, 0.2) is 35.5 Å². The molecule has 1 unspecified atom stereocenters. The lowest BCUT2D eigenvalue weighted by molar-refractivity contribution is -0.144. The second kappa shape index (κ2) is 12.8. The van der Waals surface area contributed by atoms with Crippen molar-refractivity contribution in [3.8, 4) is 11.1 Å². The standard InChI is InChI=1S/C26H38N2O4S/c1-7-9-10-19(8-2)18-31-24(29)11-12-33-23-14-20(22-16-27-28(6)17-22)13-21(15-23)25(30)32-26(3,4)5/h13-17,19H,7-12,18H2,1-6H3. The number of rotatable bonds is 12. The molecule has 6 nitrogen and oxygen atoms in total. The zero-order valence-corrected chi connectivity index (χ0v) is 21.7. The van der Waals surface area contributed by atoms with Crippen LogP contribution in [0.1, 0.15) is 77.1 Å². The van der Waals surface area contributed by atoms with E-state index in [0.717, 1.165) is 35.3 Å². The molecular formula is C26H38N2O4S. The van der Waals surface area contributed by atoms with Crippen LogP contribution in [0.2, 0.25) is 0 Å². The van der Waals surface area contributed by atoms with Crippen LogP contribution in [0.4, 0.5) is 0 Å². The summed E-state index contributed by atoms with van der Waals surface area (Å²) in [5, 5.41) is 4.23. The van der Waals surface area contributed by atoms with Crippen molar-refractivity contribution in [2.24, 2.45) is 13.0 Å². The highest BCUT2D eigenvalue weighted by Crippen LogP contribution is 2.29. The predicted molar refractivity (Wildman–Crippen MR) is 133 cm³/mol. The van der Waals surface area contributed by atoms with Gasteiger partial charge in [0.2, 0.25) is 0 Å². The number of benzene rings is 1. The molecule has 7 heteroatoms. The summed E-state index contributed by atoms with van der Waals surface area (Å²) >= 11 is 1.53. The Morgan fingerprint density at radius 3 is 2.52 bits per heavy atom. The van der Waals surface area contributed by atoms with Crippen molar-refractivity contribution in [1.82, 2.24) is 9.78 Å². The number of hydrogen-bond donors (Lipinski definition) is 0. The summed E-state index contributed by atoms with van der Waals surface area (Å²) in [5.74, 6) is 0.476. The molecule has 0 spiro atoms. The van der Waals surface area contributed by atoms with E-state index in [9.17, 15) is 9.59 Å². The maximum Gasteiger partial charge on any atom is 0.338 e. The van der Waals surface area contributed by atoms with E-state index in [2.05, 4.69) is 18.9 Å². The van der Waals surface area contributed by atoms with E-state index in [4.69, 9.17) is 9.47 Å². The van der Waals surface area contributed by atoms with Crippen molar-refractivity contribution < 1.29 is 19.1 Å². The Morgan fingerprint density at radius 1 is 1.15 bits per heavy atom. The molecule has 0 amide bonds. The molecule has 2 aromatic rings. The van der Waals surface area contributed by atoms with Crippen LogP contribution >= 0.6 is 11.8 Å². The average molecular weight is 475 g/mol. The molecule has 33 heavy (non-hydrogen) atoms. The number of carbonyl (C=O) groups excluding carboxylic acids is 2. The van der Waals surface area contributed by atoms with Gasteiger partial charge in [0.05, 0.1) is 24.8 Å². The lowest BCUT2D eigenvalue weighted by Crippen LogP contribution is -2.23. The molecule has 2 rings (SSSR count). The third-order valence-corrected chi connectivity index (χ3v) is 6.15. The fourth-order valence-electron chi connectivity index (χ4n) is 3.31. The van der Waals surface area contributed by atoms with Crippen molar-refractivity contribution in [2.75, 3.05) is 12.4 Å². The Labute approximate surface area is 202 Å². The topological polar surface area (TPSA) is 70.4 Å². The molecular weight excluding hydrogens is 436 g/mol. The molecule has 0 aliphatic heterocycles. The highest BCUT2D eigenvalue weighted by Gasteiger charge is 2.19. The number of nitrogens with zero attached hydrogens (tertiary/aromatic N) is 2. The molecule has 1 aromatic carbocycles. The summed E-state index contributed by atoms with van der Waals surface area (Å²) in [6.07, 6.45) is 8.45. The van der Waals surface area contributed by atoms with E-state index < -0.39 is 5.60 Å². The van der Waals surface area contributed by atoms with E-state index in [0.29, 0.717) is 30.3 Å².